The van der Waals surface area contributed by atoms with Crippen molar-refractivity contribution in [3.05, 3.63) is 17.5 Å². The molecule has 2 heterocycles. The number of nitrogens with one attached hydrogen (secondary N) is 1. The molecular formula is C17H31N3O. The zero-order chi connectivity index (χ0) is 15.3. The summed E-state index contributed by atoms with van der Waals surface area (Å²) in [6, 6.07) is 2.24. The van der Waals surface area contributed by atoms with E-state index in [2.05, 4.69) is 48.9 Å². The Morgan fingerprint density at radius 2 is 2.29 bits per heavy atom. The van der Waals surface area contributed by atoms with Crippen LogP contribution in [0.1, 0.15) is 45.0 Å². The van der Waals surface area contributed by atoms with Gasteiger partial charge < -0.3 is 10.1 Å². The molecule has 1 aliphatic heterocycles. The van der Waals surface area contributed by atoms with Gasteiger partial charge in [0.2, 0.25) is 0 Å². The van der Waals surface area contributed by atoms with Gasteiger partial charge in [-0.1, -0.05) is 13.8 Å². The first-order valence-electron chi connectivity index (χ1n) is 8.36. The zero-order valence-corrected chi connectivity index (χ0v) is 14.1. The van der Waals surface area contributed by atoms with Crippen molar-refractivity contribution in [2.24, 2.45) is 11.3 Å². The van der Waals surface area contributed by atoms with E-state index in [4.69, 9.17) is 4.74 Å². The first-order chi connectivity index (χ1) is 10.0. The Morgan fingerprint density at radius 1 is 1.48 bits per heavy atom. The van der Waals surface area contributed by atoms with Crippen LogP contribution >= 0.6 is 0 Å². The van der Waals surface area contributed by atoms with Crippen molar-refractivity contribution >= 4 is 0 Å². The summed E-state index contributed by atoms with van der Waals surface area (Å²) in [7, 11) is 0. The predicted molar refractivity (Wildman–Crippen MR) is 86.5 cm³/mol. The summed E-state index contributed by atoms with van der Waals surface area (Å²) in [5.74, 6) is 0.690. The third-order valence-electron chi connectivity index (χ3n) is 4.30. The fourth-order valence-electron chi connectivity index (χ4n) is 3.28. The lowest BCUT2D eigenvalue weighted by molar-refractivity contribution is -0.00837. The monoisotopic (exact) mass is 293 g/mol. The molecule has 0 aliphatic carbocycles. The van der Waals surface area contributed by atoms with Gasteiger partial charge in [-0.2, -0.15) is 5.10 Å². The number of ether oxygens (including phenoxy) is 1. The van der Waals surface area contributed by atoms with Crippen LogP contribution in [0, 0.1) is 18.3 Å². The molecule has 0 amide bonds. The van der Waals surface area contributed by atoms with E-state index < -0.39 is 0 Å². The van der Waals surface area contributed by atoms with Gasteiger partial charge in [0.1, 0.15) is 0 Å². The fourth-order valence-corrected chi connectivity index (χ4v) is 3.28. The third kappa shape index (κ3) is 4.55. The molecule has 21 heavy (non-hydrogen) atoms. The lowest BCUT2D eigenvalue weighted by atomic mass is 9.78. The van der Waals surface area contributed by atoms with Gasteiger partial charge in [0.05, 0.1) is 12.3 Å². The van der Waals surface area contributed by atoms with Crippen molar-refractivity contribution in [2.75, 3.05) is 26.3 Å². The Hall–Kier alpha value is -0.870. The molecule has 1 aromatic heterocycles. The van der Waals surface area contributed by atoms with E-state index in [1.54, 1.807) is 0 Å². The molecule has 4 heteroatoms. The highest BCUT2D eigenvalue weighted by Gasteiger charge is 2.34. The van der Waals surface area contributed by atoms with Crippen LogP contribution in [0.25, 0.3) is 0 Å². The van der Waals surface area contributed by atoms with Crippen LogP contribution in [0.5, 0.6) is 0 Å². The first-order valence-corrected chi connectivity index (χ1v) is 8.36. The molecular weight excluding hydrogens is 262 g/mol. The molecule has 4 nitrogen and oxygen atoms in total. The standard InChI is InChI=1S/C17H31N3O/c1-5-20-16(9-15(4)19-20)10-17(7-6-8-21-13-17)12-18-11-14(2)3/h9,14,18H,5-8,10-13H2,1-4H3. The average Bonchev–Trinajstić information content (AvgIpc) is 2.79. The SMILES string of the molecule is CCn1nc(C)cc1CC1(CNCC(C)C)CCCOC1. The maximum atomic E-state index is 5.83. The van der Waals surface area contributed by atoms with Crippen molar-refractivity contribution in [2.45, 2.75) is 53.5 Å². The van der Waals surface area contributed by atoms with Gasteiger partial charge in [0, 0.05) is 30.8 Å². The van der Waals surface area contributed by atoms with Crippen molar-refractivity contribution < 1.29 is 4.74 Å². The topological polar surface area (TPSA) is 39.1 Å². The average molecular weight is 293 g/mol. The van der Waals surface area contributed by atoms with E-state index >= 15 is 0 Å². The Bertz CT molecular complexity index is 433. The molecule has 1 N–H and O–H groups in total. The quantitative estimate of drug-likeness (QED) is 0.840. The molecule has 2 rings (SSSR count). The van der Waals surface area contributed by atoms with E-state index in [0.717, 1.165) is 45.0 Å². The zero-order valence-electron chi connectivity index (χ0n) is 14.1. The number of nitrogens with zero attached hydrogens (tertiary/aromatic N) is 2. The number of aryl methyl sites for hydroxylation is 2. The van der Waals surface area contributed by atoms with E-state index in [-0.39, 0.29) is 5.41 Å². The van der Waals surface area contributed by atoms with Gasteiger partial charge in [-0.25, -0.2) is 0 Å². The highest BCUT2D eigenvalue weighted by molar-refractivity contribution is 5.12. The van der Waals surface area contributed by atoms with Crippen molar-refractivity contribution in [3.63, 3.8) is 0 Å². The molecule has 1 atom stereocenters. The summed E-state index contributed by atoms with van der Waals surface area (Å²) < 4.78 is 7.97. The van der Waals surface area contributed by atoms with Crippen LogP contribution < -0.4 is 5.32 Å². The van der Waals surface area contributed by atoms with Crippen LogP contribution in [-0.2, 0) is 17.7 Å². The second-order valence-corrected chi connectivity index (χ2v) is 6.95. The van der Waals surface area contributed by atoms with Gasteiger partial charge in [-0.3, -0.25) is 4.68 Å². The maximum absolute atomic E-state index is 5.83. The van der Waals surface area contributed by atoms with E-state index in [1.807, 2.05) is 0 Å². The van der Waals surface area contributed by atoms with Gasteiger partial charge in [-0.15, -0.1) is 0 Å². The molecule has 1 unspecified atom stereocenters. The van der Waals surface area contributed by atoms with Crippen LogP contribution in [0.3, 0.4) is 0 Å². The van der Waals surface area contributed by atoms with E-state index in [1.165, 1.54) is 18.5 Å². The second-order valence-electron chi connectivity index (χ2n) is 6.95. The lowest BCUT2D eigenvalue weighted by Gasteiger charge is -2.37. The van der Waals surface area contributed by atoms with Crippen LogP contribution in [0.2, 0.25) is 0 Å². The fraction of sp³-hybridized carbons (Fsp3) is 0.824. The molecule has 1 aliphatic rings. The molecule has 1 aromatic rings. The maximum Gasteiger partial charge on any atom is 0.0596 e. The van der Waals surface area contributed by atoms with Crippen molar-refractivity contribution in [1.82, 2.24) is 15.1 Å². The van der Waals surface area contributed by atoms with Crippen molar-refractivity contribution in [1.29, 1.82) is 0 Å². The number of aromatic nitrogens is 2. The molecule has 0 radical (unpaired) electrons. The van der Waals surface area contributed by atoms with Gasteiger partial charge in [0.15, 0.2) is 0 Å². The number of rotatable bonds is 7. The summed E-state index contributed by atoms with van der Waals surface area (Å²) >= 11 is 0. The minimum Gasteiger partial charge on any atom is -0.381 e. The van der Waals surface area contributed by atoms with Crippen molar-refractivity contribution in [3.8, 4) is 0 Å². The third-order valence-corrected chi connectivity index (χ3v) is 4.30. The summed E-state index contributed by atoms with van der Waals surface area (Å²) in [6.07, 6.45) is 3.47. The Labute approximate surface area is 129 Å². The smallest absolute Gasteiger partial charge is 0.0596 e. The predicted octanol–water partition coefficient (Wildman–Crippen LogP) is 2.80. The van der Waals surface area contributed by atoms with E-state index in [0.29, 0.717) is 5.92 Å². The minimum absolute atomic E-state index is 0.229. The second kappa shape index (κ2) is 7.41. The lowest BCUT2D eigenvalue weighted by Crippen LogP contribution is -2.44. The summed E-state index contributed by atoms with van der Waals surface area (Å²) in [5, 5.41) is 8.24. The van der Waals surface area contributed by atoms with E-state index in [9.17, 15) is 0 Å². The Morgan fingerprint density at radius 3 is 2.90 bits per heavy atom. The Kier molecular flexibility index (Phi) is 5.82. The van der Waals surface area contributed by atoms with Gasteiger partial charge in [-0.05, 0) is 51.6 Å². The molecule has 1 saturated heterocycles. The first kappa shape index (κ1) is 16.5. The molecule has 120 valence electrons. The largest absolute Gasteiger partial charge is 0.381 e. The van der Waals surface area contributed by atoms with Gasteiger partial charge >= 0.3 is 0 Å². The molecule has 0 bridgehead atoms. The molecule has 1 fully saturated rings. The summed E-state index contributed by atoms with van der Waals surface area (Å²) in [5.41, 5.74) is 2.70. The number of hydrogen-bond acceptors (Lipinski definition) is 3. The Balaban J connectivity index is 2.07. The highest BCUT2D eigenvalue weighted by atomic mass is 16.5. The molecule has 0 aromatic carbocycles. The van der Waals surface area contributed by atoms with Crippen LogP contribution in [0.4, 0.5) is 0 Å². The molecule has 0 spiro atoms. The van der Waals surface area contributed by atoms with Crippen LogP contribution in [-0.4, -0.2) is 36.1 Å². The van der Waals surface area contributed by atoms with Gasteiger partial charge in [0.25, 0.3) is 0 Å². The minimum atomic E-state index is 0.229. The summed E-state index contributed by atoms with van der Waals surface area (Å²) in [4.78, 5) is 0. The highest BCUT2D eigenvalue weighted by Crippen LogP contribution is 2.32. The number of hydrogen-bond donors (Lipinski definition) is 1. The normalized spacial score (nSPS) is 22.9. The molecule has 0 saturated carbocycles. The summed E-state index contributed by atoms with van der Waals surface area (Å²) in [6.45, 7) is 13.6. The van der Waals surface area contributed by atoms with Crippen LogP contribution in [0.15, 0.2) is 6.07 Å².